The highest BCUT2D eigenvalue weighted by Crippen LogP contribution is 2.35. The Morgan fingerprint density at radius 1 is 1.15 bits per heavy atom. The summed E-state index contributed by atoms with van der Waals surface area (Å²) in [6.07, 6.45) is 1.50. The quantitative estimate of drug-likeness (QED) is 0.133. The molecule has 3 aromatic carbocycles. The second-order valence-electron chi connectivity index (χ2n) is 6.98. The van der Waals surface area contributed by atoms with Gasteiger partial charge in [0.15, 0.2) is 0 Å². The summed E-state index contributed by atoms with van der Waals surface area (Å²) < 4.78 is 8.09. The van der Waals surface area contributed by atoms with E-state index in [2.05, 4.69) is 42.4 Å². The summed E-state index contributed by atoms with van der Waals surface area (Å²) in [6.45, 7) is 0.304. The average Bonchev–Trinajstić information content (AvgIpc) is 3.23. The van der Waals surface area contributed by atoms with Crippen LogP contribution in [0.3, 0.4) is 0 Å². The van der Waals surface area contributed by atoms with Crippen LogP contribution in [0, 0.1) is 10.1 Å². The lowest BCUT2D eigenvalue weighted by Gasteiger charge is -2.12. The molecule has 1 N–H and O–H groups in total. The molecule has 7 nitrogen and oxygen atoms in total. The molecule has 0 unspecified atom stereocenters. The number of rotatable bonds is 7. The molecule has 4 rings (SSSR count). The molecule has 172 valence electrons. The number of nitro groups is 1. The number of non-ortho nitro benzene ring substituents is 1. The summed E-state index contributed by atoms with van der Waals surface area (Å²) in [6, 6.07) is 17.2. The summed E-state index contributed by atoms with van der Waals surface area (Å²) >= 11 is 14.4. The van der Waals surface area contributed by atoms with Gasteiger partial charge in [0.05, 0.1) is 25.0 Å². The molecule has 0 spiro atoms. The van der Waals surface area contributed by atoms with Crippen LogP contribution >= 0.6 is 54.8 Å². The van der Waals surface area contributed by atoms with Gasteiger partial charge in [-0.1, -0.05) is 29.8 Å². The Morgan fingerprint density at radius 3 is 2.59 bits per heavy atom. The summed E-state index contributed by atoms with van der Waals surface area (Å²) in [5, 5.41) is 16.2. The first-order chi connectivity index (χ1) is 16.3. The zero-order valence-corrected chi connectivity index (χ0v) is 21.9. The van der Waals surface area contributed by atoms with Crippen molar-refractivity contribution in [3.05, 3.63) is 101 Å². The number of halogens is 3. The van der Waals surface area contributed by atoms with Crippen molar-refractivity contribution in [1.29, 1.82) is 0 Å². The number of ether oxygens (including phenoxy) is 1. The van der Waals surface area contributed by atoms with Gasteiger partial charge in [0.1, 0.15) is 12.4 Å². The van der Waals surface area contributed by atoms with Crippen LogP contribution in [-0.4, -0.2) is 17.0 Å². The van der Waals surface area contributed by atoms with Gasteiger partial charge in [-0.2, -0.15) is 5.10 Å². The smallest absolute Gasteiger partial charge is 0.281 e. The van der Waals surface area contributed by atoms with Crippen molar-refractivity contribution in [1.82, 2.24) is 5.43 Å². The topological polar surface area (TPSA) is 93.8 Å². The standard InChI is InChI=1S/C23H14Br2ClN3O4S/c24-17-7-13(8-18(25)22(17)33-12-14-3-1-2-4-19(14)26)11-27-28-23(30)21-10-15-9-16(29(31)32)5-6-20(15)34-21/h1-11H,12H2,(H,28,30)/b27-11-. The van der Waals surface area contributed by atoms with E-state index in [9.17, 15) is 14.9 Å². The van der Waals surface area contributed by atoms with E-state index in [-0.39, 0.29) is 5.69 Å². The lowest BCUT2D eigenvalue weighted by atomic mass is 10.2. The van der Waals surface area contributed by atoms with E-state index in [0.29, 0.717) is 36.6 Å². The predicted octanol–water partition coefficient (Wildman–Crippen LogP) is 7.33. The molecule has 1 aromatic heterocycles. The molecule has 0 saturated carbocycles. The van der Waals surface area contributed by atoms with Crippen molar-refractivity contribution in [2.75, 3.05) is 0 Å². The summed E-state index contributed by atoms with van der Waals surface area (Å²) in [4.78, 5) is 23.3. The zero-order valence-electron chi connectivity index (χ0n) is 17.1. The predicted molar refractivity (Wildman–Crippen MR) is 141 cm³/mol. The zero-order chi connectivity index (χ0) is 24.2. The largest absolute Gasteiger partial charge is 0.486 e. The van der Waals surface area contributed by atoms with E-state index in [4.69, 9.17) is 16.3 Å². The van der Waals surface area contributed by atoms with Crippen molar-refractivity contribution >= 4 is 82.7 Å². The molecule has 0 aliphatic rings. The van der Waals surface area contributed by atoms with Crippen LogP contribution in [-0.2, 0) is 6.61 Å². The number of thiophene rings is 1. The van der Waals surface area contributed by atoms with Gasteiger partial charge < -0.3 is 4.74 Å². The van der Waals surface area contributed by atoms with Crippen LogP contribution in [0.25, 0.3) is 10.1 Å². The Bertz CT molecular complexity index is 1420. The number of nitro benzene ring substituents is 1. The van der Waals surface area contributed by atoms with Crippen LogP contribution in [0.5, 0.6) is 5.75 Å². The van der Waals surface area contributed by atoms with Crippen molar-refractivity contribution in [3.8, 4) is 5.75 Å². The van der Waals surface area contributed by atoms with Gasteiger partial charge in [-0.25, -0.2) is 5.43 Å². The van der Waals surface area contributed by atoms with E-state index < -0.39 is 10.8 Å². The van der Waals surface area contributed by atoms with Crippen LogP contribution in [0.4, 0.5) is 5.69 Å². The maximum atomic E-state index is 12.5. The average molecular weight is 624 g/mol. The SMILES string of the molecule is O=C(N/N=C\c1cc(Br)c(OCc2ccccc2Cl)c(Br)c1)c1cc2cc([N+](=O)[O-])ccc2s1. The number of hydrogen-bond acceptors (Lipinski definition) is 6. The number of hydrazone groups is 1. The lowest BCUT2D eigenvalue weighted by Crippen LogP contribution is -2.16. The fourth-order valence-corrected chi connectivity index (χ4v) is 5.61. The van der Waals surface area contributed by atoms with Gasteiger partial charge in [0.25, 0.3) is 11.6 Å². The number of benzene rings is 3. The van der Waals surface area contributed by atoms with E-state index in [1.165, 1.54) is 29.7 Å². The molecule has 34 heavy (non-hydrogen) atoms. The highest BCUT2D eigenvalue weighted by atomic mass is 79.9. The molecule has 0 aliphatic carbocycles. The lowest BCUT2D eigenvalue weighted by molar-refractivity contribution is -0.384. The number of fused-ring (bicyclic) bond motifs is 1. The van der Waals surface area contributed by atoms with Gasteiger partial charge in [0.2, 0.25) is 0 Å². The second-order valence-corrected chi connectivity index (χ2v) is 10.2. The summed E-state index contributed by atoms with van der Waals surface area (Å²) in [5.41, 5.74) is 4.05. The molecule has 0 aliphatic heterocycles. The number of carbonyl (C=O) groups is 1. The molecule has 0 atom stereocenters. The molecule has 0 fully saturated rings. The van der Waals surface area contributed by atoms with Crippen molar-refractivity contribution in [2.24, 2.45) is 5.10 Å². The highest BCUT2D eigenvalue weighted by molar-refractivity contribution is 9.11. The fraction of sp³-hybridized carbons (Fsp3) is 0.0435. The minimum absolute atomic E-state index is 0.0225. The van der Waals surface area contributed by atoms with Crippen LogP contribution in [0.1, 0.15) is 20.8 Å². The monoisotopic (exact) mass is 621 g/mol. The van der Waals surface area contributed by atoms with Crippen LogP contribution < -0.4 is 10.2 Å². The van der Waals surface area contributed by atoms with Gasteiger partial charge in [-0.05, 0) is 67.8 Å². The maximum absolute atomic E-state index is 12.5. The molecule has 11 heteroatoms. The number of nitrogens with one attached hydrogen (secondary N) is 1. The van der Waals surface area contributed by atoms with E-state index in [1.54, 1.807) is 30.3 Å². The second kappa shape index (κ2) is 10.6. The fourth-order valence-electron chi connectivity index (χ4n) is 3.03. The number of carbonyl (C=O) groups excluding carboxylic acids is 1. The van der Waals surface area contributed by atoms with Crippen molar-refractivity contribution < 1.29 is 14.5 Å². The molecular weight excluding hydrogens is 610 g/mol. The molecule has 1 heterocycles. The number of nitrogens with zero attached hydrogens (tertiary/aromatic N) is 2. The minimum Gasteiger partial charge on any atom is -0.486 e. The number of hydrogen-bond donors (Lipinski definition) is 1. The first-order valence-corrected chi connectivity index (χ1v) is 12.5. The Hall–Kier alpha value is -2.79. The summed E-state index contributed by atoms with van der Waals surface area (Å²) in [7, 11) is 0. The van der Waals surface area contributed by atoms with Crippen LogP contribution in [0.2, 0.25) is 5.02 Å². The minimum atomic E-state index is -0.468. The first-order valence-electron chi connectivity index (χ1n) is 9.68. The van der Waals surface area contributed by atoms with E-state index >= 15 is 0 Å². The Kier molecular flexibility index (Phi) is 7.62. The third-order valence-electron chi connectivity index (χ3n) is 4.66. The van der Waals surface area contributed by atoms with Crippen LogP contribution in [0.15, 0.2) is 74.7 Å². The molecular formula is C23H14Br2ClN3O4S. The highest BCUT2D eigenvalue weighted by Gasteiger charge is 2.13. The Labute approximate surface area is 219 Å². The Balaban J connectivity index is 1.42. The third kappa shape index (κ3) is 5.64. The third-order valence-corrected chi connectivity index (χ3v) is 7.33. The normalized spacial score (nSPS) is 11.1. The molecule has 1 amide bonds. The van der Waals surface area contributed by atoms with Gasteiger partial charge in [-0.3, -0.25) is 14.9 Å². The van der Waals surface area contributed by atoms with Gasteiger partial charge >= 0.3 is 0 Å². The van der Waals surface area contributed by atoms with Crippen molar-refractivity contribution in [3.63, 3.8) is 0 Å². The molecule has 0 saturated heterocycles. The molecule has 0 bridgehead atoms. The van der Waals surface area contributed by atoms with Gasteiger partial charge in [-0.15, -0.1) is 11.3 Å². The first kappa shape index (κ1) is 24.3. The molecule has 0 radical (unpaired) electrons. The number of amides is 1. The van der Waals surface area contributed by atoms with E-state index in [0.717, 1.165) is 15.8 Å². The Morgan fingerprint density at radius 2 is 1.88 bits per heavy atom. The molecule has 4 aromatic rings. The van der Waals surface area contributed by atoms with E-state index in [1.807, 2.05) is 18.2 Å². The summed E-state index contributed by atoms with van der Waals surface area (Å²) in [5.74, 6) is 0.207. The maximum Gasteiger partial charge on any atom is 0.281 e. The van der Waals surface area contributed by atoms with Gasteiger partial charge in [0, 0.05) is 32.8 Å². The van der Waals surface area contributed by atoms with Crippen molar-refractivity contribution in [2.45, 2.75) is 6.61 Å².